The number of aromatic amines is 1. The summed E-state index contributed by atoms with van der Waals surface area (Å²) in [6.07, 6.45) is 7.75. The topological polar surface area (TPSA) is 108 Å². The predicted octanol–water partition coefficient (Wildman–Crippen LogP) is 3.97. The lowest BCUT2D eigenvalue weighted by molar-refractivity contribution is -0.144. The number of carbonyl (C=O) groups excluding carboxylic acids is 1. The predicted molar refractivity (Wildman–Crippen MR) is 187 cm³/mol. The maximum absolute atomic E-state index is 13.4. The number of fused-ring (bicyclic) bond motifs is 1. The van der Waals surface area contributed by atoms with Crippen molar-refractivity contribution in [3.63, 3.8) is 0 Å². The molecule has 2 atom stereocenters. The maximum atomic E-state index is 13.4. The number of pyridine rings is 1. The Kier molecular flexibility index (Phi) is 11.2. The van der Waals surface area contributed by atoms with E-state index in [4.69, 9.17) is 19.2 Å². The van der Waals surface area contributed by atoms with E-state index in [0.717, 1.165) is 127 Å². The number of aromatic nitrogens is 3. The van der Waals surface area contributed by atoms with E-state index in [9.17, 15) is 4.79 Å². The van der Waals surface area contributed by atoms with Gasteiger partial charge in [-0.15, -0.1) is 0 Å². The van der Waals surface area contributed by atoms with E-state index in [2.05, 4.69) is 60.5 Å². The van der Waals surface area contributed by atoms with Crippen LogP contribution in [0.1, 0.15) is 48.4 Å². The van der Waals surface area contributed by atoms with Gasteiger partial charge in [0.1, 0.15) is 12.4 Å². The number of anilines is 2. The molecule has 0 unspecified atom stereocenters. The van der Waals surface area contributed by atoms with Crippen LogP contribution in [0, 0.1) is 5.92 Å². The normalized spacial score (nSPS) is 21.1. The van der Waals surface area contributed by atoms with Gasteiger partial charge in [0.25, 0.3) is 0 Å². The highest BCUT2D eigenvalue weighted by Crippen LogP contribution is 2.34. The summed E-state index contributed by atoms with van der Waals surface area (Å²) in [5.41, 5.74) is 6.93. The third-order valence-corrected chi connectivity index (χ3v) is 10.4. The second-order valence-corrected chi connectivity index (χ2v) is 13.8. The van der Waals surface area contributed by atoms with Gasteiger partial charge < -0.3 is 29.3 Å². The molecule has 4 aliphatic rings. The van der Waals surface area contributed by atoms with Gasteiger partial charge in [-0.1, -0.05) is 6.07 Å². The number of nitrogens with one attached hydrogen (secondary N) is 2. The number of morpholine rings is 2. The van der Waals surface area contributed by atoms with Gasteiger partial charge in [-0.05, 0) is 86.0 Å². The first-order valence-electron chi connectivity index (χ1n) is 18.0. The van der Waals surface area contributed by atoms with Crippen molar-refractivity contribution >= 4 is 17.5 Å². The van der Waals surface area contributed by atoms with Crippen molar-refractivity contribution in [3.05, 3.63) is 59.4 Å². The summed E-state index contributed by atoms with van der Waals surface area (Å²) in [5, 5.41) is 10.9. The fourth-order valence-corrected chi connectivity index (χ4v) is 7.59. The number of benzene rings is 1. The molecule has 11 nitrogen and oxygen atoms in total. The molecular weight excluding hydrogens is 606 g/mol. The third-order valence-electron chi connectivity index (χ3n) is 10.4. The van der Waals surface area contributed by atoms with Gasteiger partial charge >= 0.3 is 5.97 Å². The largest absolute Gasteiger partial charge is 0.464 e. The second-order valence-electron chi connectivity index (χ2n) is 13.8. The molecule has 7 rings (SSSR count). The lowest BCUT2D eigenvalue weighted by atomic mass is 9.92. The Hall–Kier alpha value is -3.51. The van der Waals surface area contributed by atoms with Crippen LogP contribution in [-0.4, -0.2) is 123 Å². The Morgan fingerprint density at radius 1 is 1.00 bits per heavy atom. The first-order valence-corrected chi connectivity index (χ1v) is 18.0. The van der Waals surface area contributed by atoms with Crippen LogP contribution in [0.2, 0.25) is 0 Å². The number of aryl methyl sites for hydroxylation is 2. The molecule has 0 bridgehead atoms. The molecule has 0 spiro atoms. The van der Waals surface area contributed by atoms with Gasteiger partial charge in [-0.3, -0.25) is 14.8 Å². The van der Waals surface area contributed by atoms with Gasteiger partial charge in [-0.25, -0.2) is 4.98 Å². The van der Waals surface area contributed by atoms with Crippen LogP contribution in [0.25, 0.3) is 11.3 Å². The van der Waals surface area contributed by atoms with E-state index >= 15 is 0 Å². The zero-order valence-corrected chi connectivity index (χ0v) is 28.2. The quantitative estimate of drug-likeness (QED) is 0.262. The van der Waals surface area contributed by atoms with E-state index in [0.29, 0.717) is 18.9 Å². The Balaban J connectivity index is 1.04. The molecule has 1 aromatic carbocycles. The Bertz CT molecular complexity index is 1470. The molecule has 3 fully saturated rings. The summed E-state index contributed by atoms with van der Waals surface area (Å²) in [5.74, 6) is 1.59. The lowest BCUT2D eigenvalue weighted by Crippen LogP contribution is -2.38. The molecule has 0 aliphatic carbocycles. The Morgan fingerprint density at radius 3 is 2.69 bits per heavy atom. The van der Waals surface area contributed by atoms with Gasteiger partial charge in [0.15, 0.2) is 0 Å². The Morgan fingerprint density at radius 2 is 1.85 bits per heavy atom. The van der Waals surface area contributed by atoms with Crippen LogP contribution in [0.4, 0.5) is 11.5 Å². The Labute approximate surface area is 284 Å². The molecule has 0 saturated carbocycles. The molecule has 3 aromatic rings. The molecule has 2 N–H and O–H groups in total. The first kappa shape index (κ1) is 33.0. The summed E-state index contributed by atoms with van der Waals surface area (Å²) in [7, 11) is 0. The molecule has 11 heteroatoms. The number of carbonyl (C=O) groups is 1. The molecular formula is C37H51N7O4. The minimum absolute atomic E-state index is 0.00989. The maximum Gasteiger partial charge on any atom is 0.306 e. The zero-order valence-electron chi connectivity index (χ0n) is 28.2. The summed E-state index contributed by atoms with van der Waals surface area (Å²) < 4.78 is 17.0. The minimum Gasteiger partial charge on any atom is -0.464 e. The van der Waals surface area contributed by atoms with Gasteiger partial charge in [0.2, 0.25) is 0 Å². The fourth-order valence-electron chi connectivity index (χ4n) is 7.59. The number of nitrogens with zero attached hydrogens (tertiary/aromatic N) is 5. The van der Waals surface area contributed by atoms with E-state index in [1.165, 1.54) is 29.7 Å². The number of likely N-dealkylation sites (tertiary alicyclic amines) is 1. The standard InChI is InChI=1S/C37H51N7O4/c45-36(48-21-14-42-12-17-46-18-13-42)25-32(30-22-31(35-7-10-39-41-35)24-34(23-30)44-15-19-47-20-16-44)27-43-11-8-28(26-43)3-5-33-6-4-29-2-1-9-38-37(29)40-33/h4,6-7,10,22-24,28,32H,1-3,5,8-9,11-21,25-27H2,(H,38,40)(H,39,41)/t28-,32-/m1/s1. The molecule has 6 heterocycles. The number of hydrogen-bond donors (Lipinski definition) is 2. The lowest BCUT2D eigenvalue weighted by Gasteiger charge is -2.31. The summed E-state index contributed by atoms with van der Waals surface area (Å²) in [6, 6.07) is 13.3. The summed E-state index contributed by atoms with van der Waals surface area (Å²) in [6.45, 7) is 11.5. The van der Waals surface area contributed by atoms with Gasteiger partial charge in [0, 0.05) is 81.4 Å². The van der Waals surface area contributed by atoms with Crippen molar-refractivity contribution in [2.45, 2.75) is 44.4 Å². The van der Waals surface area contributed by atoms with Crippen LogP contribution in [-0.2, 0) is 31.8 Å². The SMILES string of the molecule is O=C(C[C@H](CN1CC[C@@H](CCc2ccc3c(n2)NCCC3)C1)c1cc(-c2ccn[nH]2)cc(N2CCOCC2)c1)OCCN1CCOCC1. The van der Waals surface area contributed by atoms with Crippen LogP contribution in [0.15, 0.2) is 42.6 Å². The van der Waals surface area contributed by atoms with Crippen molar-refractivity contribution in [2.24, 2.45) is 5.92 Å². The van der Waals surface area contributed by atoms with Crippen molar-refractivity contribution in [2.75, 3.05) is 102 Å². The number of esters is 1. The number of H-pyrrole nitrogens is 1. The van der Waals surface area contributed by atoms with Crippen LogP contribution < -0.4 is 10.2 Å². The average molecular weight is 658 g/mol. The van der Waals surface area contributed by atoms with Gasteiger partial charge in [0.05, 0.1) is 38.5 Å². The number of rotatable bonds is 13. The fraction of sp³-hybridized carbons (Fsp3) is 0.595. The molecule has 48 heavy (non-hydrogen) atoms. The third kappa shape index (κ3) is 8.74. The molecule has 2 aromatic heterocycles. The molecule has 0 radical (unpaired) electrons. The molecule has 0 amide bonds. The number of ether oxygens (including phenoxy) is 3. The van der Waals surface area contributed by atoms with Crippen LogP contribution >= 0.6 is 0 Å². The smallest absolute Gasteiger partial charge is 0.306 e. The minimum atomic E-state index is -0.129. The van der Waals surface area contributed by atoms with Gasteiger partial charge in [-0.2, -0.15) is 5.10 Å². The van der Waals surface area contributed by atoms with Crippen LogP contribution in [0.3, 0.4) is 0 Å². The first-order chi connectivity index (χ1) is 23.7. The zero-order chi connectivity index (χ0) is 32.5. The summed E-state index contributed by atoms with van der Waals surface area (Å²) >= 11 is 0. The van der Waals surface area contributed by atoms with E-state index in [1.807, 2.05) is 6.07 Å². The monoisotopic (exact) mass is 657 g/mol. The molecule has 3 saturated heterocycles. The molecule has 258 valence electrons. The van der Waals surface area contributed by atoms with E-state index in [-0.39, 0.29) is 11.9 Å². The van der Waals surface area contributed by atoms with Crippen LogP contribution in [0.5, 0.6) is 0 Å². The van der Waals surface area contributed by atoms with Crippen molar-refractivity contribution in [3.8, 4) is 11.3 Å². The number of hydrogen-bond acceptors (Lipinski definition) is 10. The highest BCUT2D eigenvalue weighted by Gasteiger charge is 2.28. The summed E-state index contributed by atoms with van der Waals surface area (Å²) in [4.78, 5) is 25.6. The van der Waals surface area contributed by atoms with E-state index in [1.54, 1.807) is 6.20 Å². The average Bonchev–Trinajstić information content (AvgIpc) is 3.84. The van der Waals surface area contributed by atoms with Crippen molar-refractivity contribution in [1.29, 1.82) is 0 Å². The highest BCUT2D eigenvalue weighted by atomic mass is 16.5. The van der Waals surface area contributed by atoms with Crippen molar-refractivity contribution < 1.29 is 19.0 Å². The van der Waals surface area contributed by atoms with Crippen molar-refractivity contribution in [1.82, 2.24) is 25.0 Å². The molecule has 4 aliphatic heterocycles. The van der Waals surface area contributed by atoms with E-state index < -0.39 is 0 Å². The second kappa shape index (κ2) is 16.3. The highest BCUT2D eigenvalue weighted by molar-refractivity contribution is 5.72.